The van der Waals surface area contributed by atoms with Crippen LogP contribution in [-0.4, -0.2) is 62.1 Å². The Hall–Kier alpha value is -0.570. The number of likely N-dealkylation sites (tertiary alicyclic amines) is 1. The number of carbonyl (C=O) groups is 1. The van der Waals surface area contributed by atoms with Gasteiger partial charge in [-0.05, 0) is 66.1 Å². The fourth-order valence-corrected chi connectivity index (χ4v) is 2.87. The summed E-state index contributed by atoms with van der Waals surface area (Å²) >= 11 is 0. The van der Waals surface area contributed by atoms with E-state index in [0.29, 0.717) is 5.96 Å². The zero-order valence-corrected chi connectivity index (χ0v) is 18.8. The van der Waals surface area contributed by atoms with Crippen LogP contribution in [0.1, 0.15) is 59.3 Å². The Morgan fingerprint density at radius 2 is 1.72 bits per heavy atom. The average molecular weight is 467 g/mol. The number of guanidine groups is 1. The highest BCUT2D eigenvalue weighted by Gasteiger charge is 2.13. The van der Waals surface area contributed by atoms with Gasteiger partial charge in [-0.25, -0.2) is 0 Å². The second-order valence-corrected chi connectivity index (χ2v) is 7.61. The van der Waals surface area contributed by atoms with E-state index < -0.39 is 0 Å². The Labute approximate surface area is 171 Å². The van der Waals surface area contributed by atoms with Gasteiger partial charge in [-0.3, -0.25) is 9.79 Å². The summed E-state index contributed by atoms with van der Waals surface area (Å²) in [5.74, 6) is 0.669. The van der Waals surface area contributed by atoms with Crippen molar-refractivity contribution in [1.29, 1.82) is 0 Å². The standard InChI is InChI=1S/C18H37N5O.HI/c1-18(2,3)22-16(24)15-21-17(19-4)20-11-7-5-8-12-23-13-9-6-10-14-23;/h5-15H2,1-4H3,(H,22,24)(H2,19,20,21);1H. The summed E-state index contributed by atoms with van der Waals surface area (Å²) in [4.78, 5) is 18.5. The zero-order valence-electron chi connectivity index (χ0n) is 16.5. The lowest BCUT2D eigenvalue weighted by molar-refractivity contribution is -0.121. The summed E-state index contributed by atoms with van der Waals surface area (Å²) in [5.41, 5.74) is -0.204. The summed E-state index contributed by atoms with van der Waals surface area (Å²) in [5, 5.41) is 9.25. The van der Waals surface area contributed by atoms with Gasteiger partial charge in [-0.15, -0.1) is 24.0 Å². The molecule has 1 amide bonds. The molecule has 1 saturated heterocycles. The van der Waals surface area contributed by atoms with Crippen LogP contribution in [0.15, 0.2) is 4.99 Å². The predicted octanol–water partition coefficient (Wildman–Crippen LogP) is 2.34. The molecular weight excluding hydrogens is 429 g/mol. The molecule has 1 aliphatic rings. The second kappa shape index (κ2) is 13.6. The maximum atomic E-state index is 11.8. The monoisotopic (exact) mass is 467 g/mol. The molecule has 0 aromatic heterocycles. The number of carbonyl (C=O) groups excluding carboxylic acids is 1. The molecule has 0 aromatic rings. The number of nitrogens with one attached hydrogen (secondary N) is 3. The molecule has 0 spiro atoms. The molecule has 7 heteroatoms. The number of halogens is 1. The lowest BCUT2D eigenvalue weighted by atomic mass is 10.1. The molecule has 1 fully saturated rings. The van der Waals surface area contributed by atoms with Crippen molar-refractivity contribution in [1.82, 2.24) is 20.9 Å². The maximum Gasteiger partial charge on any atom is 0.239 e. The van der Waals surface area contributed by atoms with E-state index in [1.54, 1.807) is 7.05 Å². The first-order chi connectivity index (χ1) is 11.4. The zero-order chi connectivity index (χ0) is 17.8. The van der Waals surface area contributed by atoms with Crippen LogP contribution >= 0.6 is 24.0 Å². The molecule has 148 valence electrons. The summed E-state index contributed by atoms with van der Waals surface area (Å²) in [6.07, 6.45) is 7.76. The molecule has 0 aliphatic carbocycles. The van der Waals surface area contributed by atoms with Gasteiger partial charge in [-0.1, -0.05) is 12.8 Å². The predicted molar refractivity (Wildman–Crippen MR) is 117 cm³/mol. The van der Waals surface area contributed by atoms with Gasteiger partial charge in [-0.2, -0.15) is 0 Å². The third-order valence-electron chi connectivity index (χ3n) is 4.05. The Morgan fingerprint density at radius 3 is 2.32 bits per heavy atom. The van der Waals surface area contributed by atoms with Gasteiger partial charge < -0.3 is 20.9 Å². The van der Waals surface area contributed by atoms with E-state index in [-0.39, 0.29) is 42.0 Å². The van der Waals surface area contributed by atoms with Crippen molar-refractivity contribution in [2.75, 3.05) is 39.8 Å². The van der Waals surface area contributed by atoms with Gasteiger partial charge in [0.05, 0.1) is 6.54 Å². The van der Waals surface area contributed by atoms with Crippen LogP contribution in [0.2, 0.25) is 0 Å². The van der Waals surface area contributed by atoms with Crippen molar-refractivity contribution in [3.05, 3.63) is 0 Å². The summed E-state index contributed by atoms with van der Waals surface area (Å²) < 4.78 is 0. The fourth-order valence-electron chi connectivity index (χ4n) is 2.87. The van der Waals surface area contributed by atoms with E-state index in [0.717, 1.165) is 13.0 Å². The van der Waals surface area contributed by atoms with Gasteiger partial charge in [0.1, 0.15) is 0 Å². The Kier molecular flexibility index (Phi) is 13.3. The van der Waals surface area contributed by atoms with Crippen LogP contribution in [0.5, 0.6) is 0 Å². The second-order valence-electron chi connectivity index (χ2n) is 7.61. The number of piperidine rings is 1. The van der Waals surface area contributed by atoms with Crippen molar-refractivity contribution in [3.8, 4) is 0 Å². The number of nitrogens with zero attached hydrogens (tertiary/aromatic N) is 2. The van der Waals surface area contributed by atoms with Gasteiger partial charge in [0.15, 0.2) is 5.96 Å². The molecule has 3 N–H and O–H groups in total. The third-order valence-corrected chi connectivity index (χ3v) is 4.05. The van der Waals surface area contributed by atoms with Gasteiger partial charge in [0.2, 0.25) is 5.91 Å². The molecule has 0 unspecified atom stereocenters. The highest BCUT2D eigenvalue weighted by Crippen LogP contribution is 2.09. The first-order valence-corrected chi connectivity index (χ1v) is 9.38. The van der Waals surface area contributed by atoms with Crippen molar-refractivity contribution in [2.24, 2.45) is 4.99 Å². The minimum absolute atomic E-state index is 0. The number of unbranched alkanes of at least 4 members (excludes halogenated alkanes) is 2. The van der Waals surface area contributed by atoms with E-state index in [9.17, 15) is 4.79 Å². The van der Waals surface area contributed by atoms with Crippen molar-refractivity contribution < 1.29 is 4.79 Å². The number of amides is 1. The highest BCUT2D eigenvalue weighted by molar-refractivity contribution is 14.0. The molecule has 0 saturated carbocycles. The SMILES string of the molecule is CN=C(NCCCCCN1CCCCC1)NCC(=O)NC(C)(C)C.I. The van der Waals surface area contributed by atoms with Gasteiger partial charge in [0, 0.05) is 19.1 Å². The highest BCUT2D eigenvalue weighted by atomic mass is 127. The summed E-state index contributed by atoms with van der Waals surface area (Å²) in [7, 11) is 1.73. The fraction of sp³-hybridized carbons (Fsp3) is 0.889. The quantitative estimate of drug-likeness (QED) is 0.222. The number of hydrogen-bond acceptors (Lipinski definition) is 3. The number of hydrogen-bond donors (Lipinski definition) is 3. The van der Waals surface area contributed by atoms with Crippen LogP contribution in [-0.2, 0) is 4.79 Å². The first-order valence-electron chi connectivity index (χ1n) is 9.38. The molecule has 0 bridgehead atoms. The topological polar surface area (TPSA) is 68.8 Å². The van der Waals surface area contributed by atoms with E-state index in [1.807, 2.05) is 20.8 Å². The lowest BCUT2D eigenvalue weighted by Crippen LogP contribution is -2.48. The Balaban J connectivity index is 0.00000576. The van der Waals surface area contributed by atoms with Gasteiger partial charge >= 0.3 is 0 Å². The largest absolute Gasteiger partial charge is 0.356 e. The molecule has 25 heavy (non-hydrogen) atoms. The van der Waals surface area contributed by atoms with E-state index in [4.69, 9.17) is 0 Å². The minimum Gasteiger partial charge on any atom is -0.356 e. The van der Waals surface area contributed by atoms with Crippen LogP contribution in [0, 0.1) is 0 Å². The molecule has 1 rings (SSSR count). The minimum atomic E-state index is -0.204. The Bertz CT molecular complexity index is 389. The average Bonchev–Trinajstić information content (AvgIpc) is 2.52. The smallest absolute Gasteiger partial charge is 0.239 e. The molecular formula is C18H38IN5O. The van der Waals surface area contributed by atoms with E-state index >= 15 is 0 Å². The van der Waals surface area contributed by atoms with Crippen LogP contribution in [0.3, 0.4) is 0 Å². The molecule has 1 aliphatic heterocycles. The van der Waals surface area contributed by atoms with Crippen LogP contribution < -0.4 is 16.0 Å². The number of aliphatic imine (C=N–C) groups is 1. The summed E-state index contributed by atoms with van der Waals surface area (Å²) in [6, 6.07) is 0. The molecule has 0 radical (unpaired) electrons. The number of rotatable bonds is 8. The van der Waals surface area contributed by atoms with Crippen molar-refractivity contribution in [2.45, 2.75) is 64.8 Å². The maximum absolute atomic E-state index is 11.8. The first kappa shape index (κ1) is 24.4. The van der Waals surface area contributed by atoms with Gasteiger partial charge in [0.25, 0.3) is 0 Å². The summed E-state index contributed by atoms with van der Waals surface area (Å²) in [6.45, 7) is 10.9. The third kappa shape index (κ3) is 13.3. The Morgan fingerprint density at radius 1 is 1.04 bits per heavy atom. The van der Waals surface area contributed by atoms with Crippen molar-refractivity contribution >= 4 is 35.8 Å². The molecule has 0 aromatic carbocycles. The van der Waals surface area contributed by atoms with Crippen molar-refractivity contribution in [3.63, 3.8) is 0 Å². The molecule has 6 nitrogen and oxygen atoms in total. The normalized spacial score (nSPS) is 16.1. The molecule has 0 atom stereocenters. The lowest BCUT2D eigenvalue weighted by Gasteiger charge is -2.26. The van der Waals surface area contributed by atoms with E-state index in [2.05, 4.69) is 25.8 Å². The van der Waals surface area contributed by atoms with E-state index in [1.165, 1.54) is 51.7 Å². The molecule has 1 heterocycles. The van der Waals surface area contributed by atoms with Crippen LogP contribution in [0.25, 0.3) is 0 Å². The van der Waals surface area contributed by atoms with Crippen LogP contribution in [0.4, 0.5) is 0 Å².